The van der Waals surface area contributed by atoms with Gasteiger partial charge in [-0.25, -0.2) is 0 Å². The summed E-state index contributed by atoms with van der Waals surface area (Å²) in [5.74, 6) is 0. The predicted octanol–water partition coefficient (Wildman–Crippen LogP) is 3.23. The van der Waals surface area contributed by atoms with E-state index in [1.807, 2.05) is 0 Å². The molecule has 0 heterocycles. The van der Waals surface area contributed by atoms with Gasteiger partial charge in [0.2, 0.25) is 0 Å². The number of rotatable bonds is 3. The van der Waals surface area contributed by atoms with Crippen LogP contribution in [0.2, 0.25) is 0 Å². The molecule has 15 heavy (non-hydrogen) atoms. The molecule has 0 saturated heterocycles. The van der Waals surface area contributed by atoms with Crippen LogP contribution in [0.5, 0.6) is 0 Å². The summed E-state index contributed by atoms with van der Waals surface area (Å²) in [6, 6.07) is 11.4. The maximum Gasteiger partial charge on any atom is 0.0233 e. The molecule has 0 aromatic heterocycles. The topological polar surface area (TPSA) is 3.24 Å². The van der Waals surface area contributed by atoms with Crippen molar-refractivity contribution in [2.75, 3.05) is 7.05 Å². The summed E-state index contributed by atoms with van der Waals surface area (Å²) in [4.78, 5) is 2.47. The van der Waals surface area contributed by atoms with Gasteiger partial charge in [0.1, 0.15) is 0 Å². The van der Waals surface area contributed by atoms with Gasteiger partial charge in [-0.1, -0.05) is 42.5 Å². The number of allylic oxidation sites excluding steroid dienone is 1. The van der Waals surface area contributed by atoms with Crippen LogP contribution in [-0.2, 0) is 6.54 Å². The maximum absolute atomic E-state index is 2.47. The molecular weight excluding hydrogens is 182 g/mol. The Balaban J connectivity index is 1.91. The van der Waals surface area contributed by atoms with Crippen molar-refractivity contribution in [1.29, 1.82) is 0 Å². The number of hydrogen-bond acceptors (Lipinski definition) is 1. The van der Waals surface area contributed by atoms with Gasteiger partial charge in [-0.2, -0.15) is 0 Å². The molecule has 0 aliphatic heterocycles. The van der Waals surface area contributed by atoms with E-state index in [1.54, 1.807) is 0 Å². The zero-order valence-electron chi connectivity index (χ0n) is 9.39. The van der Waals surface area contributed by atoms with Crippen LogP contribution in [-0.4, -0.2) is 18.0 Å². The number of hydrogen-bond donors (Lipinski definition) is 0. The van der Waals surface area contributed by atoms with Crippen molar-refractivity contribution < 1.29 is 0 Å². The van der Waals surface area contributed by atoms with Crippen LogP contribution in [0.4, 0.5) is 0 Å². The SMILES string of the molecule is CN(Cc1ccccc1)C1CC=CCC1. The van der Waals surface area contributed by atoms with Crippen molar-refractivity contribution in [3.8, 4) is 0 Å². The van der Waals surface area contributed by atoms with Gasteiger partial charge >= 0.3 is 0 Å². The Morgan fingerprint density at radius 3 is 2.67 bits per heavy atom. The van der Waals surface area contributed by atoms with Crippen molar-refractivity contribution >= 4 is 0 Å². The molecule has 1 nitrogen and oxygen atoms in total. The molecule has 1 aliphatic carbocycles. The summed E-state index contributed by atoms with van der Waals surface area (Å²) < 4.78 is 0. The van der Waals surface area contributed by atoms with Crippen molar-refractivity contribution in [2.45, 2.75) is 31.8 Å². The Labute approximate surface area is 92.4 Å². The fourth-order valence-electron chi connectivity index (χ4n) is 2.18. The summed E-state index contributed by atoms with van der Waals surface area (Å²) in [6.07, 6.45) is 8.37. The number of benzene rings is 1. The van der Waals surface area contributed by atoms with E-state index in [2.05, 4.69) is 54.4 Å². The Morgan fingerprint density at radius 1 is 1.20 bits per heavy atom. The second-order valence-electron chi connectivity index (χ2n) is 4.34. The summed E-state index contributed by atoms with van der Waals surface area (Å²) in [6.45, 7) is 1.07. The molecule has 0 radical (unpaired) electrons. The normalized spacial score (nSPS) is 20.8. The first kappa shape index (κ1) is 10.4. The summed E-state index contributed by atoms with van der Waals surface area (Å²) in [7, 11) is 2.23. The standard InChI is InChI=1S/C14H19N/c1-15(14-10-6-3-7-11-14)12-13-8-4-2-5-9-13/h2-6,8-9,14H,7,10-12H2,1H3. The minimum atomic E-state index is 0.732. The lowest BCUT2D eigenvalue weighted by Crippen LogP contribution is -2.31. The second-order valence-corrected chi connectivity index (χ2v) is 4.34. The third-order valence-electron chi connectivity index (χ3n) is 3.14. The lowest BCUT2D eigenvalue weighted by molar-refractivity contribution is 0.219. The second kappa shape index (κ2) is 5.13. The molecule has 80 valence electrons. The average Bonchev–Trinajstić information content (AvgIpc) is 2.31. The van der Waals surface area contributed by atoms with Crippen molar-refractivity contribution in [1.82, 2.24) is 4.90 Å². The van der Waals surface area contributed by atoms with E-state index >= 15 is 0 Å². The monoisotopic (exact) mass is 201 g/mol. The van der Waals surface area contributed by atoms with Crippen LogP contribution < -0.4 is 0 Å². The van der Waals surface area contributed by atoms with Gasteiger partial charge in [0.25, 0.3) is 0 Å². The third-order valence-corrected chi connectivity index (χ3v) is 3.14. The molecule has 0 N–H and O–H groups in total. The molecule has 1 atom stereocenters. The largest absolute Gasteiger partial charge is 0.299 e. The van der Waals surface area contributed by atoms with Crippen LogP contribution in [0.15, 0.2) is 42.5 Å². The maximum atomic E-state index is 2.47. The molecule has 1 unspecified atom stereocenters. The van der Waals surface area contributed by atoms with E-state index in [0.717, 1.165) is 12.6 Å². The first-order valence-electron chi connectivity index (χ1n) is 5.75. The minimum Gasteiger partial charge on any atom is -0.299 e. The van der Waals surface area contributed by atoms with E-state index in [4.69, 9.17) is 0 Å². The van der Waals surface area contributed by atoms with Gasteiger partial charge in [0, 0.05) is 12.6 Å². The molecule has 0 fully saturated rings. The Hall–Kier alpha value is -1.08. The highest BCUT2D eigenvalue weighted by atomic mass is 15.1. The summed E-state index contributed by atoms with van der Waals surface area (Å²) in [5, 5.41) is 0. The molecule has 0 amide bonds. The van der Waals surface area contributed by atoms with Gasteiger partial charge in [-0.05, 0) is 31.9 Å². The van der Waals surface area contributed by atoms with Gasteiger partial charge in [-0.3, -0.25) is 4.90 Å². The van der Waals surface area contributed by atoms with Crippen molar-refractivity contribution in [2.24, 2.45) is 0 Å². The lowest BCUT2D eigenvalue weighted by atomic mass is 10.0. The molecule has 1 heteroatoms. The van der Waals surface area contributed by atoms with Crippen LogP contribution in [0.3, 0.4) is 0 Å². The van der Waals surface area contributed by atoms with Crippen molar-refractivity contribution in [3.63, 3.8) is 0 Å². The zero-order chi connectivity index (χ0) is 10.5. The van der Waals surface area contributed by atoms with Crippen molar-refractivity contribution in [3.05, 3.63) is 48.0 Å². The fourth-order valence-corrected chi connectivity index (χ4v) is 2.18. The zero-order valence-corrected chi connectivity index (χ0v) is 9.39. The van der Waals surface area contributed by atoms with Crippen LogP contribution in [0.1, 0.15) is 24.8 Å². The fraction of sp³-hybridized carbons (Fsp3) is 0.429. The van der Waals surface area contributed by atoms with E-state index < -0.39 is 0 Å². The van der Waals surface area contributed by atoms with E-state index in [1.165, 1.54) is 24.8 Å². The average molecular weight is 201 g/mol. The molecule has 0 saturated carbocycles. The smallest absolute Gasteiger partial charge is 0.0233 e. The third kappa shape index (κ3) is 2.93. The molecule has 2 rings (SSSR count). The molecule has 0 spiro atoms. The highest BCUT2D eigenvalue weighted by molar-refractivity contribution is 5.14. The molecule has 0 bridgehead atoms. The predicted molar refractivity (Wildman–Crippen MR) is 64.7 cm³/mol. The van der Waals surface area contributed by atoms with Crippen LogP contribution >= 0.6 is 0 Å². The Morgan fingerprint density at radius 2 is 2.00 bits per heavy atom. The lowest BCUT2D eigenvalue weighted by Gasteiger charge is -2.28. The molecule has 1 aromatic carbocycles. The first-order chi connectivity index (χ1) is 7.36. The van der Waals surface area contributed by atoms with E-state index in [9.17, 15) is 0 Å². The Kier molecular flexibility index (Phi) is 3.57. The van der Waals surface area contributed by atoms with Gasteiger partial charge in [0.15, 0.2) is 0 Å². The van der Waals surface area contributed by atoms with Gasteiger partial charge < -0.3 is 0 Å². The summed E-state index contributed by atoms with van der Waals surface area (Å²) in [5.41, 5.74) is 1.41. The van der Waals surface area contributed by atoms with E-state index in [-0.39, 0.29) is 0 Å². The van der Waals surface area contributed by atoms with Crippen LogP contribution in [0.25, 0.3) is 0 Å². The summed E-state index contributed by atoms with van der Waals surface area (Å²) >= 11 is 0. The van der Waals surface area contributed by atoms with E-state index in [0.29, 0.717) is 0 Å². The molecule has 1 aliphatic rings. The molecular formula is C14H19N. The van der Waals surface area contributed by atoms with Crippen LogP contribution in [0, 0.1) is 0 Å². The molecule has 1 aromatic rings. The number of nitrogens with zero attached hydrogens (tertiary/aromatic N) is 1. The van der Waals surface area contributed by atoms with Gasteiger partial charge in [0.05, 0.1) is 0 Å². The van der Waals surface area contributed by atoms with Gasteiger partial charge in [-0.15, -0.1) is 0 Å². The first-order valence-corrected chi connectivity index (χ1v) is 5.75. The minimum absolute atomic E-state index is 0.732. The quantitative estimate of drug-likeness (QED) is 0.679. The Bertz CT molecular complexity index is 315. The highest BCUT2D eigenvalue weighted by Crippen LogP contribution is 2.17. The highest BCUT2D eigenvalue weighted by Gasteiger charge is 2.14.